The summed E-state index contributed by atoms with van der Waals surface area (Å²) in [6.07, 6.45) is 0.0163. The molecule has 2 rings (SSSR count). The predicted octanol–water partition coefficient (Wildman–Crippen LogP) is 1.32. The number of aliphatic carboxylic acids is 2. The van der Waals surface area contributed by atoms with Gasteiger partial charge in [-0.25, -0.2) is 0 Å². The number of nitrogens with zero attached hydrogens (tertiary/aromatic N) is 1. The zero-order valence-corrected chi connectivity index (χ0v) is 9.87. The molecule has 0 saturated carbocycles. The van der Waals surface area contributed by atoms with Crippen LogP contribution in [0.4, 0.5) is 0 Å². The lowest BCUT2D eigenvalue weighted by Gasteiger charge is -2.23. The highest BCUT2D eigenvalue weighted by Gasteiger charge is 2.30. The highest BCUT2D eigenvalue weighted by Crippen LogP contribution is 2.25. The van der Waals surface area contributed by atoms with Crippen molar-refractivity contribution in [3.05, 3.63) is 35.4 Å². The summed E-state index contributed by atoms with van der Waals surface area (Å²) in [6, 6.07) is 7.08. The molecule has 1 aromatic rings. The molecule has 18 heavy (non-hydrogen) atoms. The second kappa shape index (κ2) is 5.18. The molecule has 1 aliphatic rings. The maximum atomic E-state index is 11.2. The molecule has 1 aromatic carbocycles. The van der Waals surface area contributed by atoms with Gasteiger partial charge in [-0.1, -0.05) is 24.3 Å². The van der Waals surface area contributed by atoms with Gasteiger partial charge >= 0.3 is 11.9 Å². The van der Waals surface area contributed by atoms with Crippen molar-refractivity contribution in [2.24, 2.45) is 0 Å². The average Bonchev–Trinajstić information content (AvgIpc) is 2.71. The third-order valence-electron chi connectivity index (χ3n) is 3.22. The maximum absolute atomic E-state index is 11.2. The Balaban J connectivity index is 2.06. The van der Waals surface area contributed by atoms with Crippen LogP contribution in [0.3, 0.4) is 0 Å². The van der Waals surface area contributed by atoms with Crippen LogP contribution in [0.5, 0.6) is 0 Å². The molecular weight excluding hydrogens is 234 g/mol. The first-order valence-electron chi connectivity index (χ1n) is 5.83. The Morgan fingerprint density at radius 1 is 1.17 bits per heavy atom. The van der Waals surface area contributed by atoms with Gasteiger partial charge in [-0.2, -0.15) is 0 Å². The molecule has 1 unspecified atom stereocenters. The number of benzene rings is 1. The summed E-state index contributed by atoms with van der Waals surface area (Å²) in [5, 5.41) is 17.8. The van der Waals surface area contributed by atoms with Gasteiger partial charge in [0.15, 0.2) is 0 Å². The molecule has 2 N–H and O–H groups in total. The molecule has 0 radical (unpaired) electrons. The summed E-state index contributed by atoms with van der Waals surface area (Å²) in [7, 11) is 0. The van der Waals surface area contributed by atoms with Gasteiger partial charge in [0, 0.05) is 19.5 Å². The van der Waals surface area contributed by atoms with E-state index in [0.29, 0.717) is 13.1 Å². The predicted molar refractivity (Wildman–Crippen MR) is 64.0 cm³/mol. The number of hydrogen-bond donors (Lipinski definition) is 2. The monoisotopic (exact) mass is 249 g/mol. The summed E-state index contributed by atoms with van der Waals surface area (Å²) < 4.78 is 0. The second-order valence-electron chi connectivity index (χ2n) is 4.46. The van der Waals surface area contributed by atoms with Crippen molar-refractivity contribution in [1.29, 1.82) is 0 Å². The maximum Gasteiger partial charge on any atom is 0.320 e. The van der Waals surface area contributed by atoms with Gasteiger partial charge in [0.1, 0.15) is 6.04 Å². The minimum absolute atomic E-state index is 0.121. The lowest BCUT2D eigenvalue weighted by molar-refractivity contribution is -0.144. The lowest BCUT2D eigenvalue weighted by Crippen LogP contribution is -2.38. The summed E-state index contributed by atoms with van der Waals surface area (Å²) >= 11 is 0. The fourth-order valence-corrected chi connectivity index (χ4v) is 2.30. The Hall–Kier alpha value is -1.88. The molecule has 96 valence electrons. The van der Waals surface area contributed by atoms with E-state index in [0.717, 1.165) is 11.1 Å². The van der Waals surface area contributed by atoms with E-state index in [1.165, 1.54) is 0 Å². The molecule has 1 heterocycles. The lowest BCUT2D eigenvalue weighted by atomic mass is 10.1. The van der Waals surface area contributed by atoms with E-state index in [4.69, 9.17) is 5.11 Å². The quantitative estimate of drug-likeness (QED) is 0.823. The number of carboxylic acid groups (broad SMARTS) is 2. The van der Waals surface area contributed by atoms with Crippen molar-refractivity contribution in [2.75, 3.05) is 0 Å². The fraction of sp³-hybridized carbons (Fsp3) is 0.385. The van der Waals surface area contributed by atoms with Crippen LogP contribution in [0.25, 0.3) is 0 Å². The van der Waals surface area contributed by atoms with E-state index < -0.39 is 18.0 Å². The molecule has 0 spiro atoms. The molecule has 0 amide bonds. The SMILES string of the molecule is O=C(O)CCC(C(=O)O)N1Cc2ccccc2C1. The minimum atomic E-state index is -0.960. The molecule has 0 aromatic heterocycles. The van der Waals surface area contributed by atoms with Crippen molar-refractivity contribution in [2.45, 2.75) is 32.0 Å². The number of rotatable bonds is 5. The van der Waals surface area contributed by atoms with Crippen molar-refractivity contribution in [3.63, 3.8) is 0 Å². The minimum Gasteiger partial charge on any atom is -0.481 e. The van der Waals surface area contributed by atoms with Gasteiger partial charge in [-0.05, 0) is 17.5 Å². The van der Waals surface area contributed by atoms with Gasteiger partial charge in [0.25, 0.3) is 0 Å². The molecule has 0 bridgehead atoms. The van der Waals surface area contributed by atoms with Crippen LogP contribution in [0, 0.1) is 0 Å². The van der Waals surface area contributed by atoms with Gasteiger partial charge in [-0.3, -0.25) is 14.5 Å². The number of carboxylic acids is 2. The molecule has 1 atom stereocenters. The Bertz CT molecular complexity index is 447. The zero-order chi connectivity index (χ0) is 13.1. The van der Waals surface area contributed by atoms with Crippen LogP contribution in [0.15, 0.2) is 24.3 Å². The van der Waals surface area contributed by atoms with E-state index >= 15 is 0 Å². The van der Waals surface area contributed by atoms with Crippen LogP contribution in [-0.2, 0) is 22.7 Å². The number of carbonyl (C=O) groups is 2. The molecule has 0 saturated heterocycles. The average molecular weight is 249 g/mol. The largest absolute Gasteiger partial charge is 0.481 e. The van der Waals surface area contributed by atoms with Crippen LogP contribution in [0.1, 0.15) is 24.0 Å². The third-order valence-corrected chi connectivity index (χ3v) is 3.22. The first-order valence-corrected chi connectivity index (χ1v) is 5.83. The molecule has 1 aliphatic heterocycles. The van der Waals surface area contributed by atoms with E-state index in [2.05, 4.69) is 0 Å². The van der Waals surface area contributed by atoms with Gasteiger partial charge < -0.3 is 10.2 Å². The highest BCUT2D eigenvalue weighted by atomic mass is 16.4. The van der Waals surface area contributed by atoms with Crippen molar-refractivity contribution in [3.8, 4) is 0 Å². The van der Waals surface area contributed by atoms with Crippen LogP contribution < -0.4 is 0 Å². The molecule has 5 heteroatoms. The Labute approximate surface area is 105 Å². The van der Waals surface area contributed by atoms with Crippen LogP contribution >= 0.6 is 0 Å². The van der Waals surface area contributed by atoms with Crippen LogP contribution in [-0.4, -0.2) is 33.1 Å². The molecule has 0 aliphatic carbocycles. The Kier molecular flexibility index (Phi) is 3.62. The summed E-state index contributed by atoms with van der Waals surface area (Å²) in [4.78, 5) is 23.6. The Morgan fingerprint density at radius 3 is 2.17 bits per heavy atom. The topological polar surface area (TPSA) is 77.8 Å². The molecule has 0 fully saturated rings. The highest BCUT2D eigenvalue weighted by molar-refractivity contribution is 5.75. The zero-order valence-electron chi connectivity index (χ0n) is 9.87. The smallest absolute Gasteiger partial charge is 0.320 e. The molecular formula is C13H15NO4. The van der Waals surface area contributed by atoms with Crippen molar-refractivity contribution < 1.29 is 19.8 Å². The van der Waals surface area contributed by atoms with Gasteiger partial charge in [0.05, 0.1) is 0 Å². The third kappa shape index (κ3) is 2.68. The number of fused-ring (bicyclic) bond motifs is 1. The number of hydrogen-bond acceptors (Lipinski definition) is 3. The van der Waals surface area contributed by atoms with Crippen molar-refractivity contribution in [1.82, 2.24) is 4.90 Å². The van der Waals surface area contributed by atoms with E-state index in [9.17, 15) is 14.7 Å². The van der Waals surface area contributed by atoms with Crippen molar-refractivity contribution >= 4 is 11.9 Å². The normalized spacial score (nSPS) is 16.2. The van der Waals surface area contributed by atoms with Gasteiger partial charge in [-0.15, -0.1) is 0 Å². The fourth-order valence-electron chi connectivity index (χ4n) is 2.30. The van der Waals surface area contributed by atoms with E-state index in [1.807, 2.05) is 29.2 Å². The summed E-state index contributed by atoms with van der Waals surface area (Å²) in [6.45, 7) is 1.15. The van der Waals surface area contributed by atoms with E-state index in [-0.39, 0.29) is 12.8 Å². The van der Waals surface area contributed by atoms with Gasteiger partial charge in [0.2, 0.25) is 0 Å². The Morgan fingerprint density at radius 2 is 1.72 bits per heavy atom. The first kappa shape index (κ1) is 12.6. The standard InChI is InChI=1S/C13H15NO4/c15-12(16)6-5-11(13(17)18)14-7-9-3-1-2-4-10(9)8-14/h1-4,11H,5-8H2,(H,15,16)(H,17,18). The second-order valence-corrected chi connectivity index (χ2v) is 4.46. The van der Waals surface area contributed by atoms with E-state index in [1.54, 1.807) is 0 Å². The first-order chi connectivity index (χ1) is 8.58. The van der Waals surface area contributed by atoms with Crippen LogP contribution in [0.2, 0.25) is 0 Å². The molecule has 5 nitrogen and oxygen atoms in total. The summed E-state index contributed by atoms with van der Waals surface area (Å²) in [5.74, 6) is -1.91. The summed E-state index contributed by atoms with van der Waals surface area (Å²) in [5.41, 5.74) is 2.25.